The highest BCUT2D eigenvalue weighted by atomic mass is 16.5. The Morgan fingerprint density at radius 3 is 1.74 bits per heavy atom. The number of carboxylic acid groups (broad SMARTS) is 1. The predicted molar refractivity (Wildman–Crippen MR) is 143 cm³/mol. The van der Waals surface area contributed by atoms with Crippen molar-refractivity contribution in [1.82, 2.24) is 5.32 Å². The Balaban J connectivity index is 4.01. The minimum atomic E-state index is -0.982. The lowest BCUT2D eigenvalue weighted by atomic mass is 10.0. The average Bonchev–Trinajstić information content (AvgIpc) is 2.81. The van der Waals surface area contributed by atoms with Crippen LogP contribution in [0.15, 0.2) is 0 Å². The summed E-state index contributed by atoms with van der Waals surface area (Å²) in [6.07, 6.45) is 20.1. The highest BCUT2D eigenvalue weighted by molar-refractivity contribution is 5.84. The van der Waals surface area contributed by atoms with Crippen LogP contribution in [0.3, 0.4) is 0 Å². The first-order valence-corrected chi connectivity index (χ1v) is 14.5. The van der Waals surface area contributed by atoms with Gasteiger partial charge in [-0.15, -0.1) is 0 Å². The van der Waals surface area contributed by atoms with Crippen molar-refractivity contribution in [3.63, 3.8) is 0 Å². The molecule has 0 aliphatic heterocycles. The molecule has 1 amide bonds. The van der Waals surface area contributed by atoms with Gasteiger partial charge < -0.3 is 15.2 Å². The van der Waals surface area contributed by atoms with Crippen molar-refractivity contribution in [3.8, 4) is 0 Å². The van der Waals surface area contributed by atoms with E-state index in [1.165, 1.54) is 70.6 Å². The first kappa shape index (κ1) is 33.4. The first-order chi connectivity index (χ1) is 16.9. The smallest absolute Gasteiger partial charge is 0.328 e. The lowest BCUT2D eigenvalue weighted by Gasteiger charge is -2.17. The van der Waals surface area contributed by atoms with Crippen molar-refractivity contribution in [3.05, 3.63) is 0 Å². The SMILES string of the molecule is CCCCCCCCCCCC(=O)N[C@@H](CCC(=O)O)C(=O)OCCCCCCCCCC(C)C. The number of amides is 1. The van der Waals surface area contributed by atoms with Crippen LogP contribution in [0.4, 0.5) is 0 Å². The molecule has 0 radical (unpaired) electrons. The van der Waals surface area contributed by atoms with E-state index in [1.54, 1.807) is 0 Å². The van der Waals surface area contributed by atoms with E-state index in [9.17, 15) is 14.4 Å². The summed E-state index contributed by atoms with van der Waals surface area (Å²) in [5, 5.41) is 11.7. The Kier molecular flexibility index (Phi) is 23.0. The molecule has 0 heterocycles. The molecule has 2 N–H and O–H groups in total. The standard InChI is InChI=1S/C29H55NO5/c1-4-5-6-7-8-9-12-15-18-21-27(31)30-26(22-23-28(32)33)29(34)35-24-19-16-13-10-11-14-17-20-25(2)3/h25-26H,4-24H2,1-3H3,(H,30,31)(H,32,33)/t26-/m0/s1. The summed E-state index contributed by atoms with van der Waals surface area (Å²) in [6.45, 7) is 7.06. The van der Waals surface area contributed by atoms with Gasteiger partial charge in [0.05, 0.1) is 6.61 Å². The first-order valence-electron chi connectivity index (χ1n) is 14.5. The van der Waals surface area contributed by atoms with Crippen molar-refractivity contribution in [1.29, 1.82) is 0 Å². The van der Waals surface area contributed by atoms with Crippen molar-refractivity contribution >= 4 is 17.8 Å². The quantitative estimate of drug-likeness (QED) is 0.100. The number of unbranched alkanes of at least 4 members (excludes halogenated alkanes) is 14. The number of carbonyl (C=O) groups is 3. The summed E-state index contributed by atoms with van der Waals surface area (Å²) in [5.74, 6) is -0.911. The molecule has 0 aromatic carbocycles. The van der Waals surface area contributed by atoms with Gasteiger partial charge in [-0.25, -0.2) is 4.79 Å². The minimum Gasteiger partial charge on any atom is -0.481 e. The largest absolute Gasteiger partial charge is 0.481 e. The van der Waals surface area contributed by atoms with Gasteiger partial charge in [0.15, 0.2) is 0 Å². The third-order valence-electron chi connectivity index (χ3n) is 6.44. The Morgan fingerprint density at radius 2 is 1.20 bits per heavy atom. The van der Waals surface area contributed by atoms with Crippen LogP contribution in [0.2, 0.25) is 0 Å². The number of ether oxygens (including phenoxy) is 1. The van der Waals surface area contributed by atoms with Crippen molar-refractivity contribution in [2.45, 2.75) is 155 Å². The van der Waals surface area contributed by atoms with Crippen LogP contribution < -0.4 is 5.32 Å². The summed E-state index contributed by atoms with van der Waals surface area (Å²) < 4.78 is 5.36. The number of nitrogens with one attached hydrogen (secondary N) is 1. The molecular weight excluding hydrogens is 442 g/mol. The molecule has 0 rings (SSSR count). The minimum absolute atomic E-state index is 0.0635. The average molecular weight is 498 g/mol. The number of carbonyl (C=O) groups excluding carboxylic acids is 2. The van der Waals surface area contributed by atoms with Gasteiger partial charge in [0.1, 0.15) is 6.04 Å². The fraction of sp³-hybridized carbons (Fsp3) is 0.897. The van der Waals surface area contributed by atoms with Crippen LogP contribution >= 0.6 is 0 Å². The highest BCUT2D eigenvalue weighted by Crippen LogP contribution is 2.13. The lowest BCUT2D eigenvalue weighted by molar-refractivity contribution is -0.148. The molecule has 0 aromatic rings. The molecule has 0 aliphatic carbocycles. The van der Waals surface area contributed by atoms with Crippen molar-refractivity contribution in [2.75, 3.05) is 6.61 Å². The number of carboxylic acids is 1. The molecule has 0 saturated carbocycles. The Bertz CT molecular complexity index is 535. The molecule has 6 heteroatoms. The zero-order valence-electron chi connectivity index (χ0n) is 23.1. The van der Waals surface area contributed by atoms with Crippen LogP contribution in [-0.2, 0) is 19.1 Å². The maximum Gasteiger partial charge on any atom is 0.328 e. The third-order valence-corrected chi connectivity index (χ3v) is 6.44. The summed E-state index contributed by atoms with van der Waals surface area (Å²) in [4.78, 5) is 35.7. The summed E-state index contributed by atoms with van der Waals surface area (Å²) in [5.41, 5.74) is 0. The number of hydrogen-bond acceptors (Lipinski definition) is 4. The van der Waals surface area contributed by atoms with E-state index in [4.69, 9.17) is 9.84 Å². The molecule has 6 nitrogen and oxygen atoms in total. The second-order valence-corrected chi connectivity index (χ2v) is 10.5. The highest BCUT2D eigenvalue weighted by Gasteiger charge is 2.23. The molecule has 0 fully saturated rings. The zero-order chi connectivity index (χ0) is 26.2. The molecule has 0 aliphatic rings. The maximum absolute atomic E-state index is 12.4. The number of esters is 1. The van der Waals surface area contributed by atoms with Gasteiger partial charge in [0, 0.05) is 12.8 Å². The number of hydrogen-bond donors (Lipinski definition) is 2. The second kappa shape index (κ2) is 24.1. The van der Waals surface area contributed by atoms with Gasteiger partial charge in [-0.1, -0.05) is 117 Å². The van der Waals surface area contributed by atoms with E-state index in [0.717, 1.165) is 44.4 Å². The molecule has 0 spiro atoms. The van der Waals surface area contributed by atoms with Gasteiger partial charge in [0.25, 0.3) is 0 Å². The number of aliphatic carboxylic acids is 1. The van der Waals surface area contributed by atoms with E-state index in [-0.39, 0.29) is 18.7 Å². The van der Waals surface area contributed by atoms with E-state index >= 15 is 0 Å². The normalized spacial score (nSPS) is 12.0. The van der Waals surface area contributed by atoms with Crippen molar-refractivity contribution in [2.24, 2.45) is 5.92 Å². The monoisotopic (exact) mass is 497 g/mol. The van der Waals surface area contributed by atoms with Crippen LogP contribution in [0.5, 0.6) is 0 Å². The maximum atomic E-state index is 12.4. The van der Waals surface area contributed by atoms with E-state index in [2.05, 4.69) is 26.1 Å². The fourth-order valence-corrected chi connectivity index (χ4v) is 4.19. The van der Waals surface area contributed by atoms with Gasteiger partial charge >= 0.3 is 11.9 Å². The molecule has 1 atom stereocenters. The predicted octanol–water partition coefficient (Wildman–Crippen LogP) is 7.58. The van der Waals surface area contributed by atoms with E-state index < -0.39 is 18.0 Å². The molecule has 0 bridgehead atoms. The lowest BCUT2D eigenvalue weighted by Crippen LogP contribution is -2.42. The topological polar surface area (TPSA) is 92.7 Å². The zero-order valence-corrected chi connectivity index (χ0v) is 23.1. The van der Waals surface area contributed by atoms with Crippen LogP contribution in [0.1, 0.15) is 149 Å². The Morgan fingerprint density at radius 1 is 0.686 bits per heavy atom. The summed E-state index contributed by atoms with van der Waals surface area (Å²) in [6, 6.07) is -0.877. The van der Waals surface area contributed by atoms with Crippen LogP contribution in [-0.4, -0.2) is 35.6 Å². The Labute approximate surface area is 215 Å². The van der Waals surface area contributed by atoms with Gasteiger partial charge in [-0.05, 0) is 25.2 Å². The Hall–Kier alpha value is -1.59. The third kappa shape index (κ3) is 23.9. The second-order valence-electron chi connectivity index (χ2n) is 10.5. The van der Waals surface area contributed by atoms with Gasteiger partial charge in [-0.3, -0.25) is 9.59 Å². The molecule has 0 aromatic heterocycles. The fourth-order valence-electron chi connectivity index (χ4n) is 4.19. The summed E-state index contributed by atoms with van der Waals surface area (Å²) in [7, 11) is 0. The molecule has 35 heavy (non-hydrogen) atoms. The van der Waals surface area contributed by atoms with Gasteiger partial charge in [-0.2, -0.15) is 0 Å². The van der Waals surface area contributed by atoms with Crippen LogP contribution in [0.25, 0.3) is 0 Å². The van der Waals surface area contributed by atoms with E-state index in [1.807, 2.05) is 0 Å². The summed E-state index contributed by atoms with van der Waals surface area (Å²) >= 11 is 0. The van der Waals surface area contributed by atoms with E-state index in [0.29, 0.717) is 13.0 Å². The van der Waals surface area contributed by atoms with Crippen LogP contribution in [0, 0.1) is 5.92 Å². The van der Waals surface area contributed by atoms with Crippen molar-refractivity contribution < 1.29 is 24.2 Å². The molecule has 206 valence electrons. The molecule has 0 unspecified atom stereocenters. The number of rotatable bonds is 25. The van der Waals surface area contributed by atoms with Gasteiger partial charge in [0.2, 0.25) is 5.91 Å². The molecular formula is C29H55NO5. The molecule has 0 saturated heterocycles.